The molecule has 1 unspecified atom stereocenters. The van der Waals surface area contributed by atoms with Gasteiger partial charge in [0.25, 0.3) is 5.56 Å². The van der Waals surface area contributed by atoms with Crippen LogP contribution in [0.4, 0.5) is 0 Å². The third-order valence-corrected chi connectivity index (χ3v) is 2.63. The summed E-state index contributed by atoms with van der Waals surface area (Å²) in [5, 5.41) is 0.0397. The van der Waals surface area contributed by atoms with Crippen molar-refractivity contribution in [2.45, 2.75) is 24.3 Å². The van der Waals surface area contributed by atoms with Crippen LogP contribution in [0.5, 0.6) is 0 Å². The van der Waals surface area contributed by atoms with Crippen molar-refractivity contribution in [2.75, 3.05) is 7.11 Å². The topological polar surface area (TPSA) is 72.0 Å². The highest BCUT2D eigenvalue weighted by atomic mass is 32.2. The summed E-state index contributed by atoms with van der Waals surface area (Å²) in [6.07, 6.45) is 0. The van der Waals surface area contributed by atoms with Crippen molar-refractivity contribution in [1.29, 1.82) is 0 Å². The van der Waals surface area contributed by atoms with E-state index in [1.807, 2.05) is 0 Å². The van der Waals surface area contributed by atoms with Crippen molar-refractivity contribution in [1.82, 2.24) is 9.97 Å². The Bertz CT molecular complexity index is 416. The van der Waals surface area contributed by atoms with Crippen molar-refractivity contribution >= 4 is 17.7 Å². The molecule has 1 heterocycles. The van der Waals surface area contributed by atoms with Crippen LogP contribution in [0.2, 0.25) is 0 Å². The smallest absolute Gasteiger partial charge is 0.318 e. The quantitative estimate of drug-likeness (QED) is 0.469. The Labute approximate surface area is 91.3 Å². The molecule has 0 saturated carbocycles. The zero-order chi connectivity index (χ0) is 11.4. The third-order valence-electron chi connectivity index (χ3n) is 1.67. The first-order chi connectivity index (χ1) is 7.02. The van der Waals surface area contributed by atoms with Gasteiger partial charge in [0.15, 0.2) is 5.16 Å². The van der Waals surface area contributed by atoms with Crippen molar-refractivity contribution in [3.05, 3.63) is 22.1 Å². The summed E-state index contributed by atoms with van der Waals surface area (Å²) in [5.41, 5.74) is 0.403. The molecule has 0 aliphatic heterocycles. The van der Waals surface area contributed by atoms with Gasteiger partial charge in [-0.3, -0.25) is 9.59 Å². The fraction of sp³-hybridized carbons (Fsp3) is 0.444. The lowest BCUT2D eigenvalue weighted by Crippen LogP contribution is -2.17. The van der Waals surface area contributed by atoms with E-state index >= 15 is 0 Å². The van der Waals surface area contributed by atoms with Gasteiger partial charge in [-0.2, -0.15) is 0 Å². The average Bonchev–Trinajstić information content (AvgIpc) is 2.14. The molecule has 5 nitrogen and oxygen atoms in total. The Hall–Kier alpha value is -1.30. The number of H-pyrrole nitrogens is 1. The predicted molar refractivity (Wildman–Crippen MR) is 56.9 cm³/mol. The minimum Gasteiger partial charge on any atom is -0.468 e. The van der Waals surface area contributed by atoms with Crippen molar-refractivity contribution < 1.29 is 9.53 Å². The van der Waals surface area contributed by atoms with Gasteiger partial charge in [-0.15, -0.1) is 0 Å². The molecule has 0 amide bonds. The number of nitrogens with zero attached hydrogens (tertiary/aromatic N) is 1. The summed E-state index contributed by atoms with van der Waals surface area (Å²) < 4.78 is 4.57. The number of ether oxygens (including phenoxy) is 1. The Kier molecular flexibility index (Phi) is 3.90. The van der Waals surface area contributed by atoms with Gasteiger partial charge >= 0.3 is 5.97 Å². The molecule has 1 aromatic rings. The summed E-state index contributed by atoms with van der Waals surface area (Å²) in [4.78, 5) is 28.9. The Morgan fingerprint density at radius 2 is 2.33 bits per heavy atom. The van der Waals surface area contributed by atoms with Crippen molar-refractivity contribution in [3.63, 3.8) is 0 Å². The maximum atomic E-state index is 11.1. The largest absolute Gasteiger partial charge is 0.468 e. The number of aryl methyl sites for hydroxylation is 1. The van der Waals surface area contributed by atoms with Crippen LogP contribution in [0.15, 0.2) is 16.0 Å². The monoisotopic (exact) mass is 228 g/mol. The van der Waals surface area contributed by atoms with Crippen molar-refractivity contribution in [2.24, 2.45) is 0 Å². The lowest BCUT2D eigenvalue weighted by atomic mass is 10.5. The molecule has 1 atom stereocenters. The lowest BCUT2D eigenvalue weighted by Gasteiger charge is -2.07. The number of carbonyl (C=O) groups excluding carboxylic acids is 1. The molecule has 82 valence electrons. The minimum atomic E-state index is -0.389. The van der Waals surface area contributed by atoms with E-state index in [2.05, 4.69) is 14.7 Å². The fourth-order valence-corrected chi connectivity index (χ4v) is 1.87. The van der Waals surface area contributed by atoms with Gasteiger partial charge in [-0.05, 0) is 13.8 Å². The van der Waals surface area contributed by atoms with Crippen LogP contribution in [-0.4, -0.2) is 28.3 Å². The molecule has 0 fully saturated rings. The molecule has 1 rings (SSSR count). The Morgan fingerprint density at radius 1 is 1.67 bits per heavy atom. The van der Waals surface area contributed by atoms with Gasteiger partial charge in [0.1, 0.15) is 5.25 Å². The van der Waals surface area contributed by atoms with E-state index in [9.17, 15) is 9.59 Å². The first-order valence-electron chi connectivity index (χ1n) is 4.35. The normalized spacial score (nSPS) is 12.2. The molecule has 15 heavy (non-hydrogen) atoms. The highest BCUT2D eigenvalue weighted by Gasteiger charge is 2.15. The van der Waals surface area contributed by atoms with Crippen LogP contribution in [0, 0.1) is 6.92 Å². The number of aromatic amines is 1. The number of nitrogens with one attached hydrogen (secondary N) is 1. The SMILES string of the molecule is COC(=O)C(C)Sc1nc(C)cc(=O)[nH]1. The molecule has 0 radical (unpaired) electrons. The summed E-state index contributed by atoms with van der Waals surface area (Å²) in [7, 11) is 1.33. The number of rotatable bonds is 3. The number of aromatic nitrogens is 2. The van der Waals surface area contributed by atoms with E-state index in [1.165, 1.54) is 13.2 Å². The van der Waals surface area contributed by atoms with Crippen LogP contribution >= 0.6 is 11.8 Å². The first kappa shape index (κ1) is 11.8. The van der Waals surface area contributed by atoms with Crippen LogP contribution < -0.4 is 5.56 Å². The molecule has 6 heteroatoms. The lowest BCUT2D eigenvalue weighted by molar-refractivity contribution is -0.139. The van der Waals surface area contributed by atoms with E-state index in [4.69, 9.17) is 0 Å². The van der Waals surface area contributed by atoms with Crippen LogP contribution in [-0.2, 0) is 9.53 Å². The van der Waals surface area contributed by atoms with Crippen LogP contribution in [0.25, 0.3) is 0 Å². The average molecular weight is 228 g/mol. The predicted octanol–water partition coefficient (Wildman–Crippen LogP) is 0.732. The number of hydrogen-bond donors (Lipinski definition) is 1. The summed E-state index contributed by atoms with van der Waals surface area (Å²) in [6.45, 7) is 3.42. The highest BCUT2D eigenvalue weighted by molar-refractivity contribution is 8.00. The molecule has 0 spiro atoms. The molecule has 0 aliphatic carbocycles. The molecule has 0 aromatic carbocycles. The van der Waals surface area contributed by atoms with Crippen LogP contribution in [0.3, 0.4) is 0 Å². The summed E-state index contributed by atoms with van der Waals surface area (Å²) in [6, 6.07) is 1.40. The van der Waals surface area contributed by atoms with Crippen LogP contribution in [0.1, 0.15) is 12.6 Å². The molecule has 0 aliphatic rings. The molecule has 1 N–H and O–H groups in total. The maximum absolute atomic E-state index is 11.1. The van der Waals surface area contributed by atoms with E-state index < -0.39 is 0 Å². The van der Waals surface area contributed by atoms with Gasteiger partial charge in [0.2, 0.25) is 0 Å². The number of esters is 1. The Balaban J connectivity index is 2.81. The maximum Gasteiger partial charge on any atom is 0.318 e. The standard InChI is InChI=1S/C9H12N2O3S/c1-5-4-7(12)11-9(10-5)15-6(2)8(13)14-3/h4,6H,1-3H3,(H,10,11,12). The number of hydrogen-bond acceptors (Lipinski definition) is 5. The zero-order valence-electron chi connectivity index (χ0n) is 8.73. The molecular formula is C9H12N2O3S. The summed E-state index contributed by atoms with van der Waals surface area (Å²) in [5.74, 6) is -0.343. The number of thioether (sulfide) groups is 1. The molecular weight excluding hydrogens is 216 g/mol. The van der Waals surface area contributed by atoms with Gasteiger partial charge < -0.3 is 9.72 Å². The van der Waals surface area contributed by atoms with Gasteiger partial charge in [0, 0.05) is 11.8 Å². The van der Waals surface area contributed by atoms with E-state index in [-0.39, 0.29) is 16.8 Å². The van der Waals surface area contributed by atoms with E-state index in [0.29, 0.717) is 10.9 Å². The van der Waals surface area contributed by atoms with E-state index in [0.717, 1.165) is 11.8 Å². The van der Waals surface area contributed by atoms with Crippen molar-refractivity contribution in [3.8, 4) is 0 Å². The van der Waals surface area contributed by atoms with Gasteiger partial charge in [0.05, 0.1) is 7.11 Å². The Morgan fingerprint density at radius 3 is 2.87 bits per heavy atom. The second kappa shape index (κ2) is 4.97. The van der Waals surface area contributed by atoms with Gasteiger partial charge in [-0.25, -0.2) is 4.98 Å². The fourth-order valence-electron chi connectivity index (χ4n) is 0.989. The third kappa shape index (κ3) is 3.39. The molecule has 0 saturated heterocycles. The van der Waals surface area contributed by atoms with Gasteiger partial charge in [-0.1, -0.05) is 11.8 Å². The number of methoxy groups -OCH3 is 1. The first-order valence-corrected chi connectivity index (χ1v) is 5.23. The molecule has 0 bridgehead atoms. The highest BCUT2D eigenvalue weighted by Crippen LogP contribution is 2.18. The number of carbonyl (C=O) groups is 1. The minimum absolute atomic E-state index is 0.220. The summed E-state index contributed by atoms with van der Waals surface area (Å²) >= 11 is 1.16. The zero-order valence-corrected chi connectivity index (χ0v) is 9.55. The molecule has 1 aromatic heterocycles. The second-order valence-corrected chi connectivity index (χ2v) is 4.30. The second-order valence-electron chi connectivity index (χ2n) is 2.98. The van der Waals surface area contributed by atoms with E-state index in [1.54, 1.807) is 13.8 Å².